The van der Waals surface area contributed by atoms with Gasteiger partial charge in [-0.15, -0.1) is 0 Å². The van der Waals surface area contributed by atoms with E-state index in [9.17, 15) is 19.2 Å². The molecular formula is C19H22N4O4. The highest BCUT2D eigenvalue weighted by molar-refractivity contribution is 6.35. The van der Waals surface area contributed by atoms with Crippen LogP contribution in [0.2, 0.25) is 0 Å². The molecule has 3 rings (SSSR count). The van der Waals surface area contributed by atoms with Gasteiger partial charge in [-0.2, -0.15) is 0 Å². The van der Waals surface area contributed by atoms with Crippen LogP contribution in [0.4, 0.5) is 5.69 Å². The van der Waals surface area contributed by atoms with E-state index in [1.807, 2.05) is 0 Å². The highest BCUT2D eigenvalue weighted by Crippen LogP contribution is 2.19. The van der Waals surface area contributed by atoms with Crippen LogP contribution in [-0.2, 0) is 14.4 Å². The lowest BCUT2D eigenvalue weighted by atomic mass is 10.1. The summed E-state index contributed by atoms with van der Waals surface area (Å²) in [5.41, 5.74) is 0.958. The lowest BCUT2D eigenvalue weighted by Crippen LogP contribution is -2.54. The van der Waals surface area contributed by atoms with Gasteiger partial charge in [-0.25, -0.2) is 0 Å². The maximum Gasteiger partial charge on any atom is 0.312 e. The van der Waals surface area contributed by atoms with Gasteiger partial charge in [0.2, 0.25) is 5.91 Å². The first kappa shape index (κ1) is 18.6. The summed E-state index contributed by atoms with van der Waals surface area (Å²) in [7, 11) is 0. The van der Waals surface area contributed by atoms with Gasteiger partial charge in [-0.1, -0.05) is 12.6 Å². The number of hydrogen-bond donors (Lipinski definition) is 2. The summed E-state index contributed by atoms with van der Waals surface area (Å²) in [6, 6.07) is 6.79. The smallest absolute Gasteiger partial charge is 0.312 e. The molecule has 2 aliphatic rings. The fourth-order valence-corrected chi connectivity index (χ4v) is 2.84. The third kappa shape index (κ3) is 4.72. The summed E-state index contributed by atoms with van der Waals surface area (Å²) in [4.78, 5) is 51.2. The number of nitrogens with one attached hydrogen (secondary N) is 2. The predicted molar refractivity (Wildman–Crippen MR) is 98.9 cm³/mol. The molecule has 0 spiro atoms. The molecule has 2 fully saturated rings. The zero-order valence-electron chi connectivity index (χ0n) is 14.9. The molecule has 0 unspecified atom stereocenters. The Bertz CT molecular complexity index is 780. The highest BCUT2D eigenvalue weighted by Gasteiger charge is 2.31. The topological polar surface area (TPSA) is 98.8 Å². The largest absolute Gasteiger partial charge is 0.345 e. The van der Waals surface area contributed by atoms with E-state index in [4.69, 9.17) is 0 Å². The molecule has 2 N–H and O–H groups in total. The van der Waals surface area contributed by atoms with Crippen molar-refractivity contribution in [3.63, 3.8) is 0 Å². The Kier molecular flexibility index (Phi) is 5.54. The molecule has 0 bridgehead atoms. The molecule has 1 aromatic rings. The first-order valence-corrected chi connectivity index (χ1v) is 8.90. The standard InChI is InChI=1S/C19H22N4O4/c1-2-16(24)20-15-5-3-4-13(12-15)18(26)22-8-10-23(11-9-22)19(27)17(25)21-14-6-7-14/h2-5,12,14H,1,6-11H2,(H,20,24)(H,21,25). The normalized spacial score (nSPS) is 16.4. The Hall–Kier alpha value is -3.16. The second-order valence-corrected chi connectivity index (χ2v) is 6.61. The molecule has 1 aliphatic heterocycles. The number of rotatable bonds is 4. The Morgan fingerprint density at radius 1 is 1.04 bits per heavy atom. The Morgan fingerprint density at radius 2 is 1.70 bits per heavy atom. The second-order valence-electron chi connectivity index (χ2n) is 6.61. The Morgan fingerprint density at radius 3 is 2.33 bits per heavy atom. The molecule has 1 aromatic carbocycles. The minimum absolute atomic E-state index is 0.137. The SMILES string of the molecule is C=CC(=O)Nc1cccc(C(=O)N2CCN(C(=O)C(=O)NC3CC3)CC2)c1. The van der Waals surface area contributed by atoms with Gasteiger partial charge < -0.3 is 20.4 Å². The number of benzene rings is 1. The van der Waals surface area contributed by atoms with Crippen LogP contribution in [0, 0.1) is 0 Å². The van der Waals surface area contributed by atoms with Crippen LogP contribution in [-0.4, -0.2) is 65.6 Å². The van der Waals surface area contributed by atoms with Crippen molar-refractivity contribution in [3.05, 3.63) is 42.5 Å². The zero-order valence-corrected chi connectivity index (χ0v) is 14.9. The van der Waals surface area contributed by atoms with E-state index in [1.54, 1.807) is 29.2 Å². The molecule has 1 saturated heterocycles. The number of nitrogens with zero attached hydrogens (tertiary/aromatic N) is 2. The van der Waals surface area contributed by atoms with Gasteiger partial charge in [0.25, 0.3) is 5.91 Å². The molecular weight excluding hydrogens is 348 g/mol. The van der Waals surface area contributed by atoms with Gasteiger partial charge in [0, 0.05) is 43.5 Å². The summed E-state index contributed by atoms with van der Waals surface area (Å²) in [5.74, 6) is -1.64. The number of carbonyl (C=O) groups is 4. The summed E-state index contributed by atoms with van der Waals surface area (Å²) in [6.07, 6.45) is 3.01. The third-order valence-electron chi connectivity index (χ3n) is 4.52. The number of hydrogen-bond acceptors (Lipinski definition) is 4. The Balaban J connectivity index is 1.55. The number of amides is 4. The van der Waals surface area contributed by atoms with Gasteiger partial charge in [0.1, 0.15) is 0 Å². The van der Waals surface area contributed by atoms with Crippen molar-refractivity contribution in [3.8, 4) is 0 Å². The summed E-state index contributed by atoms with van der Waals surface area (Å²) < 4.78 is 0. The van der Waals surface area contributed by atoms with E-state index in [0.29, 0.717) is 37.4 Å². The highest BCUT2D eigenvalue weighted by atomic mass is 16.2. The van der Waals surface area contributed by atoms with Gasteiger partial charge in [0.05, 0.1) is 0 Å². The fourth-order valence-electron chi connectivity index (χ4n) is 2.84. The molecule has 0 aromatic heterocycles. The molecule has 4 amide bonds. The van der Waals surface area contributed by atoms with E-state index >= 15 is 0 Å². The molecule has 0 radical (unpaired) electrons. The van der Waals surface area contributed by atoms with E-state index in [2.05, 4.69) is 17.2 Å². The monoisotopic (exact) mass is 370 g/mol. The van der Waals surface area contributed by atoms with Crippen LogP contribution in [0.1, 0.15) is 23.2 Å². The van der Waals surface area contributed by atoms with Crippen molar-refractivity contribution < 1.29 is 19.2 Å². The first-order chi connectivity index (χ1) is 13.0. The number of carbonyl (C=O) groups excluding carboxylic acids is 4. The van der Waals surface area contributed by atoms with E-state index in [-0.39, 0.29) is 17.9 Å². The molecule has 8 nitrogen and oxygen atoms in total. The quantitative estimate of drug-likeness (QED) is 0.591. The molecule has 0 atom stereocenters. The van der Waals surface area contributed by atoms with Crippen LogP contribution in [0.15, 0.2) is 36.9 Å². The maximum atomic E-state index is 12.7. The summed E-state index contributed by atoms with van der Waals surface area (Å²) in [5, 5.41) is 5.30. The van der Waals surface area contributed by atoms with Crippen LogP contribution in [0.5, 0.6) is 0 Å². The van der Waals surface area contributed by atoms with Crippen LogP contribution >= 0.6 is 0 Å². The fraction of sp³-hybridized carbons (Fsp3) is 0.368. The van der Waals surface area contributed by atoms with Crippen LogP contribution in [0.3, 0.4) is 0 Å². The van der Waals surface area contributed by atoms with Crippen molar-refractivity contribution >= 4 is 29.3 Å². The average Bonchev–Trinajstić information content (AvgIpc) is 3.51. The van der Waals surface area contributed by atoms with E-state index in [1.165, 1.54) is 4.90 Å². The third-order valence-corrected chi connectivity index (χ3v) is 4.52. The van der Waals surface area contributed by atoms with Gasteiger partial charge in [-0.3, -0.25) is 19.2 Å². The zero-order chi connectivity index (χ0) is 19.4. The van der Waals surface area contributed by atoms with E-state index in [0.717, 1.165) is 18.9 Å². The Labute approximate surface area is 157 Å². The first-order valence-electron chi connectivity index (χ1n) is 8.90. The minimum atomic E-state index is -0.567. The molecule has 1 saturated carbocycles. The lowest BCUT2D eigenvalue weighted by Gasteiger charge is -2.34. The minimum Gasteiger partial charge on any atom is -0.345 e. The second kappa shape index (κ2) is 8.03. The lowest BCUT2D eigenvalue weighted by molar-refractivity contribution is -0.146. The molecule has 1 aliphatic carbocycles. The van der Waals surface area contributed by atoms with Crippen molar-refractivity contribution in [2.75, 3.05) is 31.5 Å². The van der Waals surface area contributed by atoms with Crippen molar-refractivity contribution in [1.29, 1.82) is 0 Å². The summed E-state index contributed by atoms with van der Waals surface area (Å²) >= 11 is 0. The predicted octanol–water partition coefficient (Wildman–Crippen LogP) is 0.374. The average molecular weight is 370 g/mol. The van der Waals surface area contributed by atoms with Gasteiger partial charge >= 0.3 is 11.8 Å². The number of anilines is 1. The van der Waals surface area contributed by atoms with Crippen molar-refractivity contribution in [2.24, 2.45) is 0 Å². The molecule has 27 heavy (non-hydrogen) atoms. The van der Waals surface area contributed by atoms with Crippen LogP contribution < -0.4 is 10.6 Å². The molecule has 142 valence electrons. The van der Waals surface area contributed by atoms with Gasteiger partial charge in [0.15, 0.2) is 0 Å². The van der Waals surface area contributed by atoms with Gasteiger partial charge in [-0.05, 0) is 37.1 Å². The summed E-state index contributed by atoms with van der Waals surface area (Å²) in [6.45, 7) is 4.73. The maximum absolute atomic E-state index is 12.7. The van der Waals surface area contributed by atoms with Crippen molar-refractivity contribution in [2.45, 2.75) is 18.9 Å². The van der Waals surface area contributed by atoms with Crippen LogP contribution in [0.25, 0.3) is 0 Å². The van der Waals surface area contributed by atoms with Crippen molar-refractivity contribution in [1.82, 2.24) is 15.1 Å². The molecule has 1 heterocycles. The number of piperazine rings is 1. The molecule has 8 heteroatoms. The van der Waals surface area contributed by atoms with E-state index < -0.39 is 11.8 Å².